The van der Waals surface area contributed by atoms with E-state index in [-0.39, 0.29) is 0 Å². The summed E-state index contributed by atoms with van der Waals surface area (Å²) in [6, 6.07) is 11.0. The molecule has 1 aromatic heterocycles. The number of nitrogens with one attached hydrogen (secondary N) is 1. The Balaban J connectivity index is 2.45. The zero-order valence-electron chi connectivity index (χ0n) is 10.1. The fourth-order valence-electron chi connectivity index (χ4n) is 2.17. The van der Waals surface area contributed by atoms with Crippen molar-refractivity contribution < 1.29 is 0 Å². The van der Waals surface area contributed by atoms with Crippen molar-refractivity contribution in [2.24, 2.45) is 5.92 Å². The van der Waals surface area contributed by atoms with Crippen molar-refractivity contribution in [2.45, 2.75) is 19.9 Å². The van der Waals surface area contributed by atoms with Gasteiger partial charge in [-0.1, -0.05) is 26.0 Å². The molecule has 2 nitrogen and oxygen atoms in total. The van der Waals surface area contributed by atoms with E-state index in [1.807, 2.05) is 19.3 Å². The lowest BCUT2D eigenvalue weighted by Crippen LogP contribution is -2.21. The highest BCUT2D eigenvalue weighted by atomic mass is 14.9. The quantitative estimate of drug-likeness (QED) is 0.849. The fraction of sp³-hybridized carbons (Fsp3) is 0.357. The molecule has 0 radical (unpaired) electrons. The van der Waals surface area contributed by atoms with Crippen LogP contribution in [-0.4, -0.2) is 12.0 Å². The monoisotopic (exact) mass is 214 g/mol. The second kappa shape index (κ2) is 4.62. The number of hydrogen-bond acceptors (Lipinski definition) is 2. The number of aromatic nitrogens is 1. The van der Waals surface area contributed by atoms with E-state index in [9.17, 15) is 0 Å². The molecule has 1 unspecified atom stereocenters. The van der Waals surface area contributed by atoms with E-state index in [0.29, 0.717) is 12.0 Å². The van der Waals surface area contributed by atoms with Gasteiger partial charge in [0, 0.05) is 17.6 Å². The number of benzene rings is 1. The van der Waals surface area contributed by atoms with E-state index in [1.54, 1.807) is 0 Å². The molecule has 2 heteroatoms. The summed E-state index contributed by atoms with van der Waals surface area (Å²) in [5, 5.41) is 4.57. The molecular weight excluding hydrogens is 196 g/mol. The first-order valence-corrected chi connectivity index (χ1v) is 5.74. The lowest BCUT2D eigenvalue weighted by molar-refractivity contribution is 0.443. The first-order chi connectivity index (χ1) is 7.72. The van der Waals surface area contributed by atoms with Gasteiger partial charge in [0.2, 0.25) is 0 Å². The molecule has 0 aliphatic rings. The lowest BCUT2D eigenvalue weighted by atomic mass is 9.95. The van der Waals surface area contributed by atoms with Gasteiger partial charge in [0.25, 0.3) is 0 Å². The van der Waals surface area contributed by atoms with Crippen molar-refractivity contribution in [3.63, 3.8) is 0 Å². The Morgan fingerprint density at radius 1 is 1.19 bits per heavy atom. The highest BCUT2D eigenvalue weighted by Gasteiger charge is 2.13. The molecule has 1 atom stereocenters. The topological polar surface area (TPSA) is 24.9 Å². The molecule has 0 saturated carbocycles. The van der Waals surface area contributed by atoms with Crippen molar-refractivity contribution >= 4 is 10.9 Å². The van der Waals surface area contributed by atoms with Crippen molar-refractivity contribution in [1.29, 1.82) is 0 Å². The van der Waals surface area contributed by atoms with Gasteiger partial charge < -0.3 is 5.32 Å². The summed E-state index contributed by atoms with van der Waals surface area (Å²) in [7, 11) is 2.01. The minimum absolute atomic E-state index is 0.407. The van der Waals surface area contributed by atoms with E-state index in [4.69, 9.17) is 0 Å². The maximum Gasteiger partial charge on any atom is 0.0702 e. The van der Waals surface area contributed by atoms with Gasteiger partial charge in [-0.2, -0.15) is 0 Å². The number of nitrogens with zero attached hydrogens (tertiary/aromatic N) is 1. The molecular formula is C14H18N2. The van der Waals surface area contributed by atoms with Crippen LogP contribution in [0.1, 0.15) is 25.5 Å². The van der Waals surface area contributed by atoms with E-state index < -0.39 is 0 Å². The third kappa shape index (κ3) is 2.07. The van der Waals surface area contributed by atoms with Gasteiger partial charge in [-0.05, 0) is 36.7 Å². The first-order valence-electron chi connectivity index (χ1n) is 5.74. The highest BCUT2D eigenvalue weighted by molar-refractivity contribution is 5.79. The number of fused-ring (bicyclic) bond motifs is 1. The standard InChI is InChI=1S/C14H18N2/c1-10(2)14(15-3)12-6-7-13-11(9-12)5-4-8-16-13/h4-10,14-15H,1-3H3. The Morgan fingerprint density at radius 2 is 2.00 bits per heavy atom. The van der Waals surface area contributed by atoms with Crippen LogP contribution in [0.15, 0.2) is 36.5 Å². The maximum absolute atomic E-state index is 4.33. The normalized spacial score (nSPS) is 13.2. The lowest BCUT2D eigenvalue weighted by Gasteiger charge is -2.20. The van der Waals surface area contributed by atoms with E-state index in [1.165, 1.54) is 10.9 Å². The van der Waals surface area contributed by atoms with Gasteiger partial charge in [0.15, 0.2) is 0 Å². The Labute approximate surface area is 96.7 Å². The van der Waals surface area contributed by atoms with E-state index in [0.717, 1.165) is 5.52 Å². The molecule has 2 aromatic rings. The van der Waals surface area contributed by atoms with Crippen molar-refractivity contribution in [3.8, 4) is 0 Å². The summed E-state index contributed by atoms with van der Waals surface area (Å²) in [6.07, 6.45) is 1.83. The molecule has 0 aliphatic carbocycles. The summed E-state index contributed by atoms with van der Waals surface area (Å²) in [6.45, 7) is 4.46. The van der Waals surface area contributed by atoms with Crippen LogP contribution in [0.5, 0.6) is 0 Å². The molecule has 16 heavy (non-hydrogen) atoms. The molecule has 1 aromatic carbocycles. The maximum atomic E-state index is 4.33. The summed E-state index contributed by atoms with van der Waals surface area (Å²) in [4.78, 5) is 4.33. The third-order valence-electron chi connectivity index (χ3n) is 2.96. The van der Waals surface area contributed by atoms with Crippen LogP contribution in [0, 0.1) is 5.92 Å². The number of hydrogen-bond donors (Lipinski definition) is 1. The van der Waals surface area contributed by atoms with Crippen LogP contribution in [0.3, 0.4) is 0 Å². The van der Waals surface area contributed by atoms with Gasteiger partial charge in [0.1, 0.15) is 0 Å². The zero-order valence-corrected chi connectivity index (χ0v) is 10.1. The minimum atomic E-state index is 0.407. The van der Waals surface area contributed by atoms with Crippen LogP contribution >= 0.6 is 0 Å². The van der Waals surface area contributed by atoms with Crippen molar-refractivity contribution in [1.82, 2.24) is 10.3 Å². The largest absolute Gasteiger partial charge is 0.313 e. The van der Waals surface area contributed by atoms with Gasteiger partial charge >= 0.3 is 0 Å². The van der Waals surface area contributed by atoms with Crippen LogP contribution in [0.25, 0.3) is 10.9 Å². The first kappa shape index (κ1) is 11.1. The Bertz CT molecular complexity index is 477. The van der Waals surface area contributed by atoms with Crippen LogP contribution in [-0.2, 0) is 0 Å². The molecule has 0 fully saturated rings. The number of pyridine rings is 1. The molecule has 0 bridgehead atoms. The van der Waals surface area contributed by atoms with Crippen molar-refractivity contribution in [3.05, 3.63) is 42.1 Å². The predicted octanol–water partition coefficient (Wildman–Crippen LogP) is 3.15. The summed E-state index contributed by atoms with van der Waals surface area (Å²) >= 11 is 0. The Kier molecular flexibility index (Phi) is 3.20. The van der Waals surface area contributed by atoms with Crippen LogP contribution < -0.4 is 5.32 Å². The Hall–Kier alpha value is -1.41. The molecule has 84 valence electrons. The summed E-state index contributed by atoms with van der Waals surface area (Å²) in [5.74, 6) is 0.583. The second-order valence-electron chi connectivity index (χ2n) is 4.47. The molecule has 0 saturated heterocycles. The van der Waals surface area contributed by atoms with Crippen molar-refractivity contribution in [2.75, 3.05) is 7.05 Å². The molecule has 0 spiro atoms. The SMILES string of the molecule is CNC(c1ccc2ncccc2c1)C(C)C. The van der Waals surface area contributed by atoms with Gasteiger partial charge in [0.05, 0.1) is 5.52 Å². The van der Waals surface area contributed by atoms with Crippen LogP contribution in [0.4, 0.5) is 0 Å². The third-order valence-corrected chi connectivity index (χ3v) is 2.96. The second-order valence-corrected chi connectivity index (χ2v) is 4.47. The summed E-state index contributed by atoms with van der Waals surface area (Å²) in [5.41, 5.74) is 2.39. The minimum Gasteiger partial charge on any atom is -0.313 e. The smallest absolute Gasteiger partial charge is 0.0702 e. The van der Waals surface area contributed by atoms with E-state index in [2.05, 4.69) is 48.4 Å². The molecule has 1 N–H and O–H groups in total. The fourth-order valence-corrected chi connectivity index (χ4v) is 2.17. The van der Waals surface area contributed by atoms with Gasteiger partial charge in [-0.15, -0.1) is 0 Å². The molecule has 0 aliphatic heterocycles. The molecule has 1 heterocycles. The van der Waals surface area contributed by atoms with Gasteiger partial charge in [-0.3, -0.25) is 4.98 Å². The molecule has 2 rings (SSSR count). The average Bonchev–Trinajstić information content (AvgIpc) is 2.29. The van der Waals surface area contributed by atoms with Crippen LogP contribution in [0.2, 0.25) is 0 Å². The molecule has 0 amide bonds. The summed E-state index contributed by atoms with van der Waals surface area (Å²) < 4.78 is 0. The average molecular weight is 214 g/mol. The number of rotatable bonds is 3. The zero-order chi connectivity index (χ0) is 11.5. The van der Waals surface area contributed by atoms with E-state index >= 15 is 0 Å². The predicted molar refractivity (Wildman–Crippen MR) is 68.4 cm³/mol. The Morgan fingerprint density at radius 3 is 2.69 bits per heavy atom. The highest BCUT2D eigenvalue weighted by Crippen LogP contribution is 2.24. The van der Waals surface area contributed by atoms with Gasteiger partial charge in [-0.25, -0.2) is 0 Å².